The van der Waals surface area contributed by atoms with Crippen LogP contribution in [-0.2, 0) is 9.53 Å². The van der Waals surface area contributed by atoms with Crippen LogP contribution in [0.15, 0.2) is 0 Å². The predicted molar refractivity (Wildman–Crippen MR) is 43.5 cm³/mol. The molecular weight excluding hydrogens is 164 g/mol. The van der Waals surface area contributed by atoms with Crippen molar-refractivity contribution in [2.24, 2.45) is 5.92 Å². The van der Waals surface area contributed by atoms with Gasteiger partial charge in [0.25, 0.3) is 0 Å². The summed E-state index contributed by atoms with van der Waals surface area (Å²) in [4.78, 5) is 10.9. The van der Waals surface area contributed by atoms with E-state index in [1.165, 1.54) is 7.11 Å². The maximum absolute atomic E-state index is 10.9. The second-order valence-corrected chi connectivity index (χ2v) is 3.49. The Morgan fingerprint density at radius 1 is 1.64 bits per heavy atom. The molecular formula is C7H12O3S. The van der Waals surface area contributed by atoms with Crippen molar-refractivity contribution in [2.45, 2.75) is 24.2 Å². The number of methoxy groups -OCH3 is 1. The number of ether oxygens (including phenoxy) is 1. The van der Waals surface area contributed by atoms with Crippen molar-refractivity contribution < 1.29 is 14.6 Å². The largest absolute Gasteiger partial charge is 0.469 e. The van der Waals surface area contributed by atoms with Gasteiger partial charge in [-0.2, -0.15) is 12.6 Å². The van der Waals surface area contributed by atoms with Crippen molar-refractivity contribution in [3.63, 3.8) is 0 Å². The third-order valence-electron chi connectivity index (χ3n) is 2.03. The number of rotatable bonds is 1. The average Bonchev–Trinajstić information content (AvgIpc) is 2.31. The smallest absolute Gasteiger partial charge is 0.308 e. The molecule has 1 N–H and O–H groups in total. The Morgan fingerprint density at radius 3 is 2.64 bits per heavy atom. The van der Waals surface area contributed by atoms with Crippen molar-refractivity contribution in [2.75, 3.05) is 7.11 Å². The van der Waals surface area contributed by atoms with E-state index in [0.717, 1.165) is 0 Å². The first-order valence-electron chi connectivity index (χ1n) is 3.59. The van der Waals surface area contributed by atoms with Gasteiger partial charge in [-0.05, 0) is 12.8 Å². The lowest BCUT2D eigenvalue weighted by molar-refractivity contribution is -0.145. The topological polar surface area (TPSA) is 46.5 Å². The molecule has 0 aromatic carbocycles. The van der Waals surface area contributed by atoms with Crippen molar-refractivity contribution >= 4 is 18.6 Å². The molecule has 4 heteroatoms. The Balaban J connectivity index is 2.46. The van der Waals surface area contributed by atoms with Gasteiger partial charge in [0.2, 0.25) is 0 Å². The Hall–Kier alpha value is -0.220. The summed E-state index contributed by atoms with van der Waals surface area (Å²) in [5.74, 6) is -0.391. The average molecular weight is 176 g/mol. The van der Waals surface area contributed by atoms with Crippen LogP contribution < -0.4 is 0 Å². The molecule has 1 aliphatic rings. The fraction of sp³-hybridized carbons (Fsp3) is 0.857. The van der Waals surface area contributed by atoms with Gasteiger partial charge in [0.05, 0.1) is 19.1 Å². The number of hydrogen-bond donors (Lipinski definition) is 2. The van der Waals surface area contributed by atoms with Gasteiger partial charge in [-0.25, -0.2) is 0 Å². The summed E-state index contributed by atoms with van der Waals surface area (Å²) >= 11 is 4.12. The molecule has 1 rings (SSSR count). The van der Waals surface area contributed by atoms with Crippen LogP contribution >= 0.6 is 12.6 Å². The predicted octanol–water partition coefficient (Wildman–Crippen LogP) is 0.229. The van der Waals surface area contributed by atoms with Crippen LogP contribution in [0.25, 0.3) is 0 Å². The first-order valence-corrected chi connectivity index (χ1v) is 4.10. The lowest BCUT2D eigenvalue weighted by Crippen LogP contribution is -2.13. The standard InChI is InChI=1S/C7H12O3S/c1-10-7(9)4-2-5(8)6(11)3-4/h4-6,8,11H,2-3H2,1H3/t4?,5-,6+/m1/s1. The molecule has 0 aromatic rings. The van der Waals surface area contributed by atoms with Crippen LogP contribution in [0, 0.1) is 5.92 Å². The second kappa shape index (κ2) is 3.45. The summed E-state index contributed by atoms with van der Waals surface area (Å²) in [6, 6.07) is 0. The van der Waals surface area contributed by atoms with E-state index in [1.54, 1.807) is 0 Å². The van der Waals surface area contributed by atoms with Crippen LogP contribution in [-0.4, -0.2) is 29.5 Å². The van der Waals surface area contributed by atoms with Gasteiger partial charge >= 0.3 is 5.97 Å². The number of carbonyl (C=O) groups excluding carboxylic acids is 1. The lowest BCUT2D eigenvalue weighted by Gasteiger charge is -2.04. The minimum Gasteiger partial charge on any atom is -0.469 e. The molecule has 0 bridgehead atoms. The molecule has 0 amide bonds. The Morgan fingerprint density at radius 2 is 2.27 bits per heavy atom. The first kappa shape index (κ1) is 8.87. The van der Waals surface area contributed by atoms with E-state index in [-0.39, 0.29) is 17.1 Å². The molecule has 0 radical (unpaired) electrons. The quantitative estimate of drug-likeness (QED) is 0.444. The highest BCUT2D eigenvalue weighted by Gasteiger charge is 2.35. The van der Waals surface area contributed by atoms with Crippen molar-refractivity contribution in [3.05, 3.63) is 0 Å². The molecule has 1 saturated carbocycles. The number of hydrogen-bond acceptors (Lipinski definition) is 4. The maximum atomic E-state index is 10.9. The summed E-state index contributed by atoms with van der Waals surface area (Å²) in [5.41, 5.74) is 0. The van der Waals surface area contributed by atoms with E-state index < -0.39 is 6.10 Å². The number of aliphatic hydroxyl groups is 1. The molecule has 1 fully saturated rings. The fourth-order valence-corrected chi connectivity index (χ4v) is 1.73. The van der Waals surface area contributed by atoms with Gasteiger partial charge in [-0.1, -0.05) is 0 Å². The van der Waals surface area contributed by atoms with Crippen molar-refractivity contribution in [3.8, 4) is 0 Å². The Bertz CT molecular complexity index is 150. The summed E-state index contributed by atoms with van der Waals surface area (Å²) in [6.45, 7) is 0. The van der Waals surface area contributed by atoms with Gasteiger partial charge < -0.3 is 9.84 Å². The zero-order chi connectivity index (χ0) is 8.43. The molecule has 11 heavy (non-hydrogen) atoms. The molecule has 1 aliphatic carbocycles. The Kier molecular flexibility index (Phi) is 2.78. The first-order chi connectivity index (χ1) is 5.15. The molecule has 3 atom stereocenters. The van der Waals surface area contributed by atoms with E-state index in [2.05, 4.69) is 17.4 Å². The third-order valence-corrected chi connectivity index (χ3v) is 2.59. The number of aliphatic hydroxyl groups excluding tert-OH is 1. The normalized spacial score (nSPS) is 37.2. The van der Waals surface area contributed by atoms with Crippen LogP contribution in [0.1, 0.15) is 12.8 Å². The Labute approximate surface area is 71.1 Å². The number of esters is 1. The van der Waals surface area contributed by atoms with Gasteiger partial charge in [-0.15, -0.1) is 0 Å². The molecule has 0 heterocycles. The summed E-state index contributed by atoms with van der Waals surface area (Å²) in [5, 5.41) is 9.16. The van der Waals surface area contributed by atoms with Crippen LogP contribution in [0.4, 0.5) is 0 Å². The van der Waals surface area contributed by atoms with Crippen molar-refractivity contribution in [1.82, 2.24) is 0 Å². The minimum absolute atomic E-state index is 0.0703. The highest BCUT2D eigenvalue weighted by atomic mass is 32.1. The van der Waals surface area contributed by atoms with Gasteiger partial charge in [-0.3, -0.25) is 4.79 Å². The summed E-state index contributed by atoms with van der Waals surface area (Å²) in [6.07, 6.45) is 0.653. The van der Waals surface area contributed by atoms with Crippen molar-refractivity contribution in [1.29, 1.82) is 0 Å². The van der Waals surface area contributed by atoms with Crippen LogP contribution in [0.3, 0.4) is 0 Å². The minimum atomic E-state index is -0.456. The van der Waals surface area contributed by atoms with Gasteiger partial charge in [0.15, 0.2) is 0 Å². The van der Waals surface area contributed by atoms with E-state index in [4.69, 9.17) is 0 Å². The fourth-order valence-electron chi connectivity index (χ4n) is 1.35. The van der Waals surface area contributed by atoms with Gasteiger partial charge in [0, 0.05) is 5.25 Å². The molecule has 64 valence electrons. The molecule has 0 aromatic heterocycles. The highest BCUT2D eigenvalue weighted by Crippen LogP contribution is 2.30. The second-order valence-electron chi connectivity index (χ2n) is 2.83. The SMILES string of the molecule is COC(=O)C1C[C@@H](O)[C@@H](S)C1. The molecule has 0 saturated heterocycles. The van der Waals surface area contributed by atoms with Crippen LogP contribution in [0.5, 0.6) is 0 Å². The summed E-state index contributed by atoms with van der Waals surface area (Å²) < 4.78 is 4.55. The van der Waals surface area contributed by atoms with Gasteiger partial charge in [0.1, 0.15) is 0 Å². The number of thiol groups is 1. The number of carbonyl (C=O) groups is 1. The maximum Gasteiger partial charge on any atom is 0.308 e. The van der Waals surface area contributed by atoms with E-state index in [0.29, 0.717) is 12.8 Å². The highest BCUT2D eigenvalue weighted by molar-refractivity contribution is 7.81. The van der Waals surface area contributed by atoms with Crippen LogP contribution in [0.2, 0.25) is 0 Å². The van der Waals surface area contributed by atoms with E-state index in [9.17, 15) is 9.90 Å². The monoisotopic (exact) mass is 176 g/mol. The van der Waals surface area contributed by atoms with E-state index in [1.807, 2.05) is 0 Å². The zero-order valence-corrected chi connectivity index (χ0v) is 7.25. The molecule has 0 spiro atoms. The summed E-state index contributed by atoms with van der Waals surface area (Å²) in [7, 11) is 1.36. The third kappa shape index (κ3) is 1.87. The zero-order valence-electron chi connectivity index (χ0n) is 6.36. The molecule has 1 unspecified atom stereocenters. The van der Waals surface area contributed by atoms with E-state index >= 15 is 0 Å². The molecule has 0 aliphatic heterocycles. The lowest BCUT2D eigenvalue weighted by atomic mass is 10.1. The molecule has 3 nitrogen and oxygen atoms in total.